The number of nitrogens with zero attached hydrogens (tertiary/aromatic N) is 2. The second-order valence-corrected chi connectivity index (χ2v) is 6.19. The van der Waals surface area contributed by atoms with Crippen LogP contribution in [0.5, 0.6) is 0 Å². The molecule has 1 heterocycles. The van der Waals surface area contributed by atoms with Crippen LogP contribution in [0.25, 0.3) is 11.3 Å². The number of imidazole rings is 1. The number of non-ortho nitro benzene ring substituents is 1. The molecule has 0 atom stereocenters. The predicted octanol–water partition coefficient (Wildman–Crippen LogP) is 3.85. The van der Waals surface area contributed by atoms with Crippen LogP contribution in [0, 0.1) is 15.9 Å². The first kappa shape index (κ1) is 17.6. The molecular formula is C17H13FN4O3S. The van der Waals surface area contributed by atoms with Crippen LogP contribution in [0.15, 0.2) is 59.9 Å². The lowest BCUT2D eigenvalue weighted by Gasteiger charge is -2.05. The quantitative estimate of drug-likeness (QED) is 0.389. The number of anilines is 1. The molecule has 0 radical (unpaired) electrons. The van der Waals surface area contributed by atoms with E-state index in [1.807, 2.05) is 30.3 Å². The standard InChI is InChI=1S/C17H13FN4O3S/c18-13-7-6-12(22(24)25)8-14(13)20-16(23)10-26-17-19-9-15(21-17)11-4-2-1-3-5-11/h1-9H,10H2,(H,19,21)(H,20,23). The number of carbonyl (C=O) groups excluding carboxylic acids is 1. The Hall–Kier alpha value is -3.20. The average molecular weight is 372 g/mol. The molecule has 26 heavy (non-hydrogen) atoms. The molecular weight excluding hydrogens is 359 g/mol. The maximum Gasteiger partial charge on any atom is 0.271 e. The van der Waals surface area contributed by atoms with E-state index in [1.165, 1.54) is 0 Å². The zero-order valence-corrected chi connectivity index (χ0v) is 14.1. The molecule has 132 valence electrons. The second kappa shape index (κ2) is 7.79. The van der Waals surface area contributed by atoms with Crippen molar-refractivity contribution in [2.45, 2.75) is 5.16 Å². The Bertz CT molecular complexity index is 946. The third-order valence-electron chi connectivity index (χ3n) is 3.41. The lowest BCUT2D eigenvalue weighted by molar-refractivity contribution is -0.384. The summed E-state index contributed by atoms with van der Waals surface area (Å²) in [5.74, 6) is -1.26. The number of aromatic nitrogens is 2. The molecule has 2 aromatic carbocycles. The summed E-state index contributed by atoms with van der Waals surface area (Å²) in [7, 11) is 0. The minimum absolute atomic E-state index is 0.0239. The summed E-state index contributed by atoms with van der Waals surface area (Å²) >= 11 is 1.14. The number of aromatic amines is 1. The largest absolute Gasteiger partial charge is 0.333 e. The summed E-state index contributed by atoms with van der Waals surface area (Å²) in [6.45, 7) is 0. The number of nitro groups is 1. The Kier molecular flexibility index (Phi) is 5.28. The molecule has 0 spiro atoms. The molecule has 0 aliphatic heterocycles. The van der Waals surface area contributed by atoms with Crippen LogP contribution in [0.1, 0.15) is 0 Å². The van der Waals surface area contributed by atoms with Gasteiger partial charge in [-0.25, -0.2) is 9.37 Å². The van der Waals surface area contributed by atoms with Gasteiger partial charge in [-0.15, -0.1) is 0 Å². The average Bonchev–Trinajstić information content (AvgIpc) is 3.11. The SMILES string of the molecule is O=C(CSc1ncc(-c2ccccc2)[nH]1)Nc1cc([N+](=O)[O-])ccc1F. The molecule has 0 aliphatic rings. The minimum Gasteiger partial charge on any atom is -0.333 e. The topological polar surface area (TPSA) is 101 Å². The maximum atomic E-state index is 13.7. The van der Waals surface area contributed by atoms with Crippen LogP contribution in [-0.2, 0) is 4.79 Å². The van der Waals surface area contributed by atoms with Gasteiger partial charge in [0, 0.05) is 12.1 Å². The van der Waals surface area contributed by atoms with Crippen molar-refractivity contribution in [3.05, 3.63) is 70.7 Å². The molecule has 1 aromatic heterocycles. The zero-order valence-electron chi connectivity index (χ0n) is 13.3. The fraction of sp³-hybridized carbons (Fsp3) is 0.0588. The van der Waals surface area contributed by atoms with Crippen LogP contribution < -0.4 is 5.32 Å². The predicted molar refractivity (Wildman–Crippen MR) is 96.4 cm³/mol. The minimum atomic E-state index is -0.738. The van der Waals surface area contributed by atoms with Gasteiger partial charge in [0.25, 0.3) is 5.69 Å². The number of nitrogens with one attached hydrogen (secondary N) is 2. The van der Waals surface area contributed by atoms with Crippen molar-refractivity contribution >= 4 is 29.0 Å². The van der Waals surface area contributed by atoms with Gasteiger partial charge in [0.2, 0.25) is 5.91 Å². The summed E-state index contributed by atoms with van der Waals surface area (Å²) in [6.07, 6.45) is 1.66. The van der Waals surface area contributed by atoms with Gasteiger partial charge in [0.15, 0.2) is 5.16 Å². The molecule has 3 rings (SSSR count). The van der Waals surface area contributed by atoms with E-state index in [1.54, 1.807) is 6.20 Å². The molecule has 0 saturated carbocycles. The van der Waals surface area contributed by atoms with Crippen LogP contribution in [0.2, 0.25) is 0 Å². The Balaban J connectivity index is 1.61. The van der Waals surface area contributed by atoms with Crippen LogP contribution in [-0.4, -0.2) is 26.6 Å². The second-order valence-electron chi connectivity index (χ2n) is 5.23. The molecule has 3 aromatic rings. The van der Waals surface area contributed by atoms with E-state index < -0.39 is 16.6 Å². The molecule has 0 aliphatic carbocycles. The third-order valence-corrected chi connectivity index (χ3v) is 4.30. The number of carbonyl (C=O) groups is 1. The highest BCUT2D eigenvalue weighted by Crippen LogP contribution is 2.23. The number of thioether (sulfide) groups is 1. The molecule has 0 bridgehead atoms. The van der Waals surface area contributed by atoms with Gasteiger partial charge < -0.3 is 10.3 Å². The van der Waals surface area contributed by atoms with Gasteiger partial charge in [-0.3, -0.25) is 14.9 Å². The first-order chi connectivity index (χ1) is 12.5. The fourth-order valence-electron chi connectivity index (χ4n) is 2.18. The smallest absolute Gasteiger partial charge is 0.271 e. The van der Waals surface area contributed by atoms with Crippen molar-refractivity contribution in [2.24, 2.45) is 0 Å². The van der Waals surface area contributed by atoms with Gasteiger partial charge in [-0.05, 0) is 11.6 Å². The van der Waals surface area contributed by atoms with Gasteiger partial charge in [-0.2, -0.15) is 0 Å². The van der Waals surface area contributed by atoms with Crippen LogP contribution >= 0.6 is 11.8 Å². The normalized spacial score (nSPS) is 10.5. The molecule has 9 heteroatoms. The van der Waals surface area contributed by atoms with Crippen molar-refractivity contribution in [1.29, 1.82) is 0 Å². The highest BCUT2D eigenvalue weighted by molar-refractivity contribution is 7.99. The first-order valence-corrected chi connectivity index (χ1v) is 8.48. The lowest BCUT2D eigenvalue weighted by atomic mass is 10.2. The molecule has 0 unspecified atom stereocenters. The molecule has 0 saturated heterocycles. The fourth-order valence-corrected chi connectivity index (χ4v) is 2.83. The number of amides is 1. The van der Waals surface area contributed by atoms with Crippen molar-refractivity contribution in [2.75, 3.05) is 11.1 Å². The van der Waals surface area contributed by atoms with E-state index in [0.29, 0.717) is 5.16 Å². The van der Waals surface area contributed by atoms with Crippen molar-refractivity contribution in [1.82, 2.24) is 9.97 Å². The molecule has 2 N–H and O–H groups in total. The highest BCUT2D eigenvalue weighted by atomic mass is 32.2. The van der Waals surface area contributed by atoms with Crippen molar-refractivity contribution in [3.63, 3.8) is 0 Å². The number of H-pyrrole nitrogens is 1. The summed E-state index contributed by atoms with van der Waals surface area (Å²) in [5, 5.41) is 13.6. The Morgan fingerprint density at radius 3 is 2.77 bits per heavy atom. The van der Waals surface area contributed by atoms with E-state index >= 15 is 0 Å². The van der Waals surface area contributed by atoms with Gasteiger partial charge in [0.1, 0.15) is 5.82 Å². The summed E-state index contributed by atoms with van der Waals surface area (Å²) in [6, 6.07) is 12.5. The van der Waals surface area contributed by atoms with Gasteiger partial charge in [-0.1, -0.05) is 42.1 Å². The van der Waals surface area contributed by atoms with E-state index in [0.717, 1.165) is 41.2 Å². The van der Waals surface area contributed by atoms with Crippen molar-refractivity contribution < 1.29 is 14.1 Å². The number of rotatable bonds is 6. The third kappa shape index (κ3) is 4.25. The van der Waals surface area contributed by atoms with Crippen LogP contribution in [0.3, 0.4) is 0 Å². The van der Waals surface area contributed by atoms with E-state index in [9.17, 15) is 19.3 Å². The Morgan fingerprint density at radius 2 is 2.04 bits per heavy atom. The molecule has 0 fully saturated rings. The van der Waals surface area contributed by atoms with Gasteiger partial charge >= 0.3 is 0 Å². The maximum absolute atomic E-state index is 13.7. The van der Waals surface area contributed by atoms with E-state index in [4.69, 9.17) is 0 Å². The first-order valence-electron chi connectivity index (χ1n) is 7.50. The van der Waals surface area contributed by atoms with Crippen molar-refractivity contribution in [3.8, 4) is 11.3 Å². The van der Waals surface area contributed by atoms with Gasteiger partial charge in [0.05, 0.1) is 28.3 Å². The summed E-state index contributed by atoms with van der Waals surface area (Å²) in [4.78, 5) is 29.3. The summed E-state index contributed by atoms with van der Waals surface area (Å²) < 4.78 is 13.7. The van der Waals surface area contributed by atoms with E-state index in [-0.39, 0.29) is 17.1 Å². The van der Waals surface area contributed by atoms with E-state index in [2.05, 4.69) is 15.3 Å². The Morgan fingerprint density at radius 1 is 1.27 bits per heavy atom. The number of hydrogen-bond acceptors (Lipinski definition) is 5. The number of nitro benzene ring substituents is 1. The van der Waals surface area contributed by atoms with Crippen LogP contribution in [0.4, 0.5) is 15.8 Å². The monoisotopic (exact) mass is 372 g/mol. The Labute approximate surface area is 151 Å². The number of halogens is 1. The highest BCUT2D eigenvalue weighted by Gasteiger charge is 2.14. The zero-order chi connectivity index (χ0) is 18.5. The number of benzene rings is 2. The summed E-state index contributed by atoms with van der Waals surface area (Å²) in [5.41, 5.74) is 1.26. The lowest BCUT2D eigenvalue weighted by Crippen LogP contribution is -2.15. The molecule has 1 amide bonds. The molecule has 7 nitrogen and oxygen atoms in total. The number of hydrogen-bond donors (Lipinski definition) is 2.